The number of hydrogen-bond acceptors (Lipinski definition) is 3. The molecule has 0 saturated carbocycles. The molecule has 0 aliphatic carbocycles. The number of fused-ring (bicyclic) bond motifs is 1. The summed E-state index contributed by atoms with van der Waals surface area (Å²) in [5.74, 6) is -0.477. The number of thiophene rings is 1. The Kier molecular flexibility index (Phi) is 4.90. The second kappa shape index (κ2) is 6.78. The van der Waals surface area contributed by atoms with Crippen LogP contribution in [0, 0.1) is 0 Å². The van der Waals surface area contributed by atoms with E-state index in [1.165, 1.54) is 4.88 Å². The lowest BCUT2D eigenvalue weighted by Gasteiger charge is -2.21. The molecule has 0 bridgehead atoms. The van der Waals surface area contributed by atoms with Gasteiger partial charge in [-0.1, -0.05) is 19.9 Å². The van der Waals surface area contributed by atoms with Crippen molar-refractivity contribution in [2.75, 3.05) is 18.6 Å². The van der Waals surface area contributed by atoms with Gasteiger partial charge < -0.3 is 4.90 Å². The second-order valence-electron chi connectivity index (χ2n) is 6.49. The molecule has 1 N–H and O–H groups in total. The Bertz CT molecular complexity index is 800. The molecule has 0 spiro atoms. The molecule has 1 aliphatic rings. The number of ketones is 1. The van der Waals surface area contributed by atoms with Crippen LogP contribution in [0.25, 0.3) is 0 Å². The number of anilines is 1. The Morgan fingerprint density at radius 3 is 2.58 bits per heavy atom. The third-order valence-corrected chi connectivity index (χ3v) is 5.82. The molecule has 3 rings (SSSR count). The summed E-state index contributed by atoms with van der Waals surface area (Å²) < 4.78 is 1.10. The summed E-state index contributed by atoms with van der Waals surface area (Å²) in [6.07, 6.45) is 0. The lowest BCUT2D eigenvalue weighted by molar-refractivity contribution is -0.892. The van der Waals surface area contributed by atoms with Gasteiger partial charge in [0.25, 0.3) is 5.78 Å². The molecule has 1 amide bonds. The Morgan fingerprint density at radius 1 is 1.21 bits per heavy atom. The van der Waals surface area contributed by atoms with E-state index in [1.54, 1.807) is 16.2 Å². The van der Waals surface area contributed by atoms with Crippen molar-refractivity contribution < 1.29 is 14.5 Å². The van der Waals surface area contributed by atoms with Crippen molar-refractivity contribution in [1.29, 1.82) is 0 Å². The van der Waals surface area contributed by atoms with Crippen molar-refractivity contribution in [2.45, 2.75) is 26.3 Å². The number of amides is 1. The summed E-state index contributed by atoms with van der Waals surface area (Å²) >= 11 is 5.16. The van der Waals surface area contributed by atoms with Gasteiger partial charge in [0, 0.05) is 0 Å². The van der Waals surface area contributed by atoms with Crippen molar-refractivity contribution in [2.24, 2.45) is 0 Å². The first kappa shape index (κ1) is 17.3. The third kappa shape index (κ3) is 3.31. The van der Waals surface area contributed by atoms with Gasteiger partial charge in [0.2, 0.25) is 0 Å². The number of halogens is 1. The molecular weight excluding hydrogens is 388 g/mol. The number of carbonyl (C=O) groups is 2. The Morgan fingerprint density at radius 2 is 1.96 bits per heavy atom. The van der Waals surface area contributed by atoms with Crippen molar-refractivity contribution in [3.8, 4) is 0 Å². The van der Waals surface area contributed by atoms with E-state index in [9.17, 15) is 9.59 Å². The standard InChI is InChI=1S/C18H19BrN2O2S/c1-11(2)12-4-6-15-14(8-12)17(22)18(23)21(15)10-20(3)9-13-5-7-16(19)24-13/h4-8,11H,9-10H2,1-3H3/p+1. The first-order chi connectivity index (χ1) is 11.4. The monoisotopic (exact) mass is 407 g/mol. The minimum absolute atomic E-state index is 0.331. The molecule has 4 nitrogen and oxygen atoms in total. The molecule has 6 heteroatoms. The van der Waals surface area contributed by atoms with Crippen LogP contribution in [0.5, 0.6) is 0 Å². The summed E-state index contributed by atoms with van der Waals surface area (Å²) in [7, 11) is 2.03. The highest BCUT2D eigenvalue weighted by atomic mass is 79.9. The largest absolute Gasteiger partial charge is 0.315 e. The van der Waals surface area contributed by atoms with E-state index in [1.807, 2.05) is 31.3 Å². The van der Waals surface area contributed by atoms with Crippen LogP contribution in [-0.4, -0.2) is 25.4 Å². The fraction of sp³-hybridized carbons (Fsp3) is 0.333. The van der Waals surface area contributed by atoms with Crippen LogP contribution < -0.4 is 9.80 Å². The molecule has 0 fully saturated rings. The predicted molar refractivity (Wildman–Crippen MR) is 99.8 cm³/mol. The van der Waals surface area contributed by atoms with Crippen molar-refractivity contribution in [3.05, 3.63) is 50.1 Å². The first-order valence-electron chi connectivity index (χ1n) is 7.92. The van der Waals surface area contributed by atoms with Gasteiger partial charge in [0.05, 0.1) is 27.0 Å². The molecule has 1 aliphatic heterocycles. The van der Waals surface area contributed by atoms with Gasteiger partial charge in [0.1, 0.15) is 6.54 Å². The normalized spacial score (nSPS) is 15.3. The zero-order valence-electron chi connectivity index (χ0n) is 13.9. The smallest absolute Gasteiger partial charge is 0.303 e. The number of quaternary nitrogens is 1. The molecule has 1 aromatic carbocycles. The van der Waals surface area contributed by atoms with E-state index in [0.29, 0.717) is 18.2 Å². The minimum Gasteiger partial charge on any atom is -0.315 e. The SMILES string of the molecule is CC(C)c1ccc2c(c1)C(=O)C(=O)N2C[NH+](C)Cc1ccc(Br)s1. The van der Waals surface area contributed by atoms with Crippen LogP contribution in [-0.2, 0) is 11.3 Å². The lowest BCUT2D eigenvalue weighted by Crippen LogP contribution is -3.09. The van der Waals surface area contributed by atoms with E-state index in [4.69, 9.17) is 0 Å². The molecule has 2 aromatic rings. The quantitative estimate of drug-likeness (QED) is 0.774. The van der Waals surface area contributed by atoms with E-state index < -0.39 is 5.91 Å². The van der Waals surface area contributed by atoms with Gasteiger partial charge in [-0.2, -0.15) is 0 Å². The van der Waals surface area contributed by atoms with E-state index in [2.05, 4.69) is 35.8 Å². The molecule has 0 saturated heterocycles. The van der Waals surface area contributed by atoms with Crippen LogP contribution in [0.2, 0.25) is 0 Å². The Balaban J connectivity index is 1.79. The van der Waals surface area contributed by atoms with Crippen molar-refractivity contribution in [1.82, 2.24) is 0 Å². The van der Waals surface area contributed by atoms with Crippen LogP contribution in [0.4, 0.5) is 5.69 Å². The van der Waals surface area contributed by atoms with Gasteiger partial charge in [-0.3, -0.25) is 14.5 Å². The zero-order valence-corrected chi connectivity index (χ0v) is 16.3. The highest BCUT2D eigenvalue weighted by Gasteiger charge is 2.37. The first-order valence-corrected chi connectivity index (χ1v) is 9.53. The van der Waals surface area contributed by atoms with E-state index in [0.717, 1.165) is 26.5 Å². The maximum absolute atomic E-state index is 12.4. The number of Topliss-reactive ketones (excluding diaryl/α,β-unsaturated/α-hetero) is 1. The van der Waals surface area contributed by atoms with Crippen molar-refractivity contribution >= 4 is 44.6 Å². The summed E-state index contributed by atoms with van der Waals surface area (Å²) in [6, 6.07) is 9.89. The second-order valence-corrected chi connectivity index (χ2v) is 9.04. The predicted octanol–water partition coefficient (Wildman–Crippen LogP) is 2.84. The highest BCUT2D eigenvalue weighted by molar-refractivity contribution is 9.11. The van der Waals surface area contributed by atoms with Gasteiger partial charge in [-0.05, 0) is 51.7 Å². The number of carbonyl (C=O) groups excluding carboxylic acids is 2. The van der Waals surface area contributed by atoms with Gasteiger partial charge in [-0.25, -0.2) is 0 Å². The van der Waals surface area contributed by atoms with Crippen LogP contribution in [0.15, 0.2) is 34.1 Å². The lowest BCUT2D eigenvalue weighted by atomic mass is 9.99. The molecule has 1 atom stereocenters. The number of nitrogens with zero attached hydrogens (tertiary/aromatic N) is 1. The summed E-state index contributed by atoms with van der Waals surface area (Å²) in [5, 5.41) is 0. The molecule has 0 radical (unpaired) electrons. The number of rotatable bonds is 5. The Hall–Kier alpha value is -1.50. The van der Waals surface area contributed by atoms with Crippen LogP contribution in [0.1, 0.15) is 40.6 Å². The average Bonchev–Trinajstić information content (AvgIpc) is 3.04. The minimum atomic E-state index is -0.419. The fourth-order valence-electron chi connectivity index (χ4n) is 2.90. The van der Waals surface area contributed by atoms with E-state index in [-0.39, 0.29) is 5.78 Å². The Labute approximate surface area is 154 Å². The summed E-state index contributed by atoms with van der Waals surface area (Å²) in [5.41, 5.74) is 2.36. The molecular formula is C18H20BrN2O2S+. The number of nitrogens with one attached hydrogen (secondary N) is 1. The number of benzene rings is 1. The maximum atomic E-state index is 12.4. The molecule has 24 heavy (non-hydrogen) atoms. The third-order valence-electron chi connectivity index (χ3n) is 4.19. The average molecular weight is 408 g/mol. The van der Waals surface area contributed by atoms with E-state index >= 15 is 0 Å². The molecule has 2 heterocycles. The molecule has 1 unspecified atom stereocenters. The van der Waals surface area contributed by atoms with Gasteiger partial charge in [-0.15, -0.1) is 11.3 Å². The summed E-state index contributed by atoms with van der Waals surface area (Å²) in [4.78, 5) is 28.7. The summed E-state index contributed by atoms with van der Waals surface area (Å²) in [6.45, 7) is 5.46. The molecule has 126 valence electrons. The molecule has 1 aromatic heterocycles. The highest BCUT2D eigenvalue weighted by Crippen LogP contribution is 2.31. The zero-order chi connectivity index (χ0) is 17.4. The van der Waals surface area contributed by atoms with Crippen molar-refractivity contribution in [3.63, 3.8) is 0 Å². The van der Waals surface area contributed by atoms with Gasteiger partial charge >= 0.3 is 5.91 Å². The van der Waals surface area contributed by atoms with Crippen LogP contribution >= 0.6 is 27.3 Å². The fourth-order valence-corrected chi connectivity index (χ4v) is 4.50. The number of hydrogen-bond donors (Lipinski definition) is 1. The van der Waals surface area contributed by atoms with Crippen LogP contribution in [0.3, 0.4) is 0 Å². The topological polar surface area (TPSA) is 41.8 Å². The maximum Gasteiger partial charge on any atom is 0.303 e. The van der Waals surface area contributed by atoms with Gasteiger partial charge in [0.15, 0.2) is 6.67 Å².